The molecule has 14 heavy (non-hydrogen) atoms. The van der Waals surface area contributed by atoms with Gasteiger partial charge in [0.15, 0.2) is 0 Å². The van der Waals surface area contributed by atoms with Crippen molar-refractivity contribution >= 4 is 5.91 Å². The van der Waals surface area contributed by atoms with E-state index in [4.69, 9.17) is 10.5 Å². The summed E-state index contributed by atoms with van der Waals surface area (Å²) in [6.45, 7) is 1.70. The van der Waals surface area contributed by atoms with Crippen molar-refractivity contribution in [3.05, 3.63) is 0 Å². The van der Waals surface area contributed by atoms with Crippen LogP contribution in [0.25, 0.3) is 0 Å². The van der Waals surface area contributed by atoms with Crippen LogP contribution in [0, 0.1) is 0 Å². The molecule has 2 bridgehead atoms. The minimum absolute atomic E-state index is 0.0658. The number of amides is 1. The maximum atomic E-state index is 11.4. The van der Waals surface area contributed by atoms with Gasteiger partial charge in [0, 0.05) is 0 Å². The Kier molecular flexibility index (Phi) is 2.74. The van der Waals surface area contributed by atoms with Gasteiger partial charge < -0.3 is 15.8 Å². The Balaban J connectivity index is 1.89. The lowest BCUT2D eigenvalue weighted by Crippen LogP contribution is -2.50. The second-order valence-electron chi connectivity index (χ2n) is 4.36. The first-order chi connectivity index (χ1) is 6.66. The molecule has 0 aromatic carbocycles. The lowest BCUT2D eigenvalue weighted by molar-refractivity contribution is -0.125. The molecule has 4 heteroatoms. The first kappa shape index (κ1) is 9.93. The largest absolute Gasteiger partial charge is 0.373 e. The SMILES string of the molecule is C[C@@H](N)C(=O)NC1CCC2CCC1O2. The average molecular weight is 198 g/mol. The number of carbonyl (C=O) groups is 1. The summed E-state index contributed by atoms with van der Waals surface area (Å²) in [5, 5.41) is 2.96. The van der Waals surface area contributed by atoms with Crippen LogP contribution < -0.4 is 11.1 Å². The van der Waals surface area contributed by atoms with Crippen molar-refractivity contribution in [1.29, 1.82) is 0 Å². The second kappa shape index (κ2) is 3.87. The van der Waals surface area contributed by atoms with Gasteiger partial charge in [0.2, 0.25) is 5.91 Å². The highest BCUT2D eigenvalue weighted by Crippen LogP contribution is 2.32. The molecule has 2 aliphatic rings. The fraction of sp³-hybridized carbons (Fsp3) is 0.900. The molecule has 4 atom stereocenters. The molecule has 3 unspecified atom stereocenters. The summed E-state index contributed by atoms with van der Waals surface area (Å²) < 4.78 is 5.73. The first-order valence-electron chi connectivity index (χ1n) is 5.38. The van der Waals surface area contributed by atoms with E-state index in [0.717, 1.165) is 25.7 Å². The van der Waals surface area contributed by atoms with Crippen molar-refractivity contribution < 1.29 is 9.53 Å². The first-order valence-corrected chi connectivity index (χ1v) is 5.38. The van der Waals surface area contributed by atoms with Crippen LogP contribution in [0.2, 0.25) is 0 Å². The van der Waals surface area contributed by atoms with E-state index >= 15 is 0 Å². The Morgan fingerprint density at radius 2 is 2.14 bits per heavy atom. The Labute approximate surface area is 84.2 Å². The maximum absolute atomic E-state index is 11.4. The van der Waals surface area contributed by atoms with E-state index in [9.17, 15) is 4.79 Å². The van der Waals surface area contributed by atoms with Gasteiger partial charge >= 0.3 is 0 Å². The molecule has 2 saturated heterocycles. The van der Waals surface area contributed by atoms with Gasteiger partial charge in [0.25, 0.3) is 0 Å². The van der Waals surface area contributed by atoms with Gasteiger partial charge in [-0.3, -0.25) is 4.79 Å². The molecular weight excluding hydrogens is 180 g/mol. The van der Waals surface area contributed by atoms with E-state index in [1.165, 1.54) is 0 Å². The highest BCUT2D eigenvalue weighted by Gasteiger charge is 2.37. The lowest BCUT2D eigenvalue weighted by Gasteiger charge is -2.30. The number of hydrogen-bond donors (Lipinski definition) is 2. The zero-order chi connectivity index (χ0) is 10.1. The van der Waals surface area contributed by atoms with Crippen molar-refractivity contribution in [2.75, 3.05) is 0 Å². The molecule has 0 aromatic heterocycles. The van der Waals surface area contributed by atoms with Crippen LogP contribution in [-0.2, 0) is 9.53 Å². The van der Waals surface area contributed by atoms with E-state index < -0.39 is 6.04 Å². The van der Waals surface area contributed by atoms with Gasteiger partial charge in [-0.05, 0) is 32.6 Å². The molecule has 80 valence electrons. The number of ether oxygens (including phenoxy) is 1. The third kappa shape index (κ3) is 1.91. The molecule has 0 aromatic rings. The molecule has 2 fully saturated rings. The van der Waals surface area contributed by atoms with Gasteiger partial charge in [-0.25, -0.2) is 0 Å². The van der Waals surface area contributed by atoms with Crippen LogP contribution in [0.15, 0.2) is 0 Å². The standard InChI is InChI=1S/C10H18N2O2/c1-6(11)10(13)12-8-4-2-7-3-5-9(8)14-7/h6-9H,2-5,11H2,1H3,(H,12,13)/t6-,7?,8?,9?/m1/s1. The summed E-state index contributed by atoms with van der Waals surface area (Å²) in [5.74, 6) is -0.0658. The van der Waals surface area contributed by atoms with Gasteiger partial charge in [-0.15, -0.1) is 0 Å². The van der Waals surface area contributed by atoms with Crippen LogP contribution >= 0.6 is 0 Å². The summed E-state index contributed by atoms with van der Waals surface area (Å²) >= 11 is 0. The van der Waals surface area contributed by atoms with Crippen LogP contribution in [0.1, 0.15) is 32.6 Å². The topological polar surface area (TPSA) is 64.4 Å². The normalized spacial score (nSPS) is 38.0. The molecule has 2 rings (SSSR count). The predicted octanol–water partition coefficient (Wildman–Crippen LogP) is 0.160. The monoisotopic (exact) mass is 198 g/mol. The van der Waals surface area contributed by atoms with Crippen molar-refractivity contribution in [2.45, 2.75) is 56.9 Å². The average Bonchev–Trinajstić information content (AvgIpc) is 2.53. The third-order valence-electron chi connectivity index (χ3n) is 3.13. The molecule has 0 radical (unpaired) electrons. The number of hydrogen-bond acceptors (Lipinski definition) is 3. The Morgan fingerprint density at radius 3 is 2.86 bits per heavy atom. The molecular formula is C10H18N2O2. The minimum atomic E-state index is -0.422. The molecule has 1 amide bonds. The number of rotatable bonds is 2. The van der Waals surface area contributed by atoms with Crippen LogP contribution in [0.3, 0.4) is 0 Å². The summed E-state index contributed by atoms with van der Waals surface area (Å²) in [6.07, 6.45) is 5.01. The Bertz CT molecular complexity index is 230. The van der Waals surface area contributed by atoms with Crippen LogP contribution in [-0.4, -0.2) is 30.2 Å². The maximum Gasteiger partial charge on any atom is 0.236 e. The zero-order valence-corrected chi connectivity index (χ0v) is 8.53. The van der Waals surface area contributed by atoms with Gasteiger partial charge in [-0.2, -0.15) is 0 Å². The van der Waals surface area contributed by atoms with Gasteiger partial charge in [0.1, 0.15) is 0 Å². The number of fused-ring (bicyclic) bond motifs is 2. The van der Waals surface area contributed by atoms with Crippen molar-refractivity contribution in [1.82, 2.24) is 5.32 Å². The minimum Gasteiger partial charge on any atom is -0.373 e. The predicted molar refractivity (Wildman–Crippen MR) is 52.7 cm³/mol. The smallest absolute Gasteiger partial charge is 0.236 e. The van der Waals surface area contributed by atoms with Gasteiger partial charge in [0.05, 0.1) is 24.3 Å². The lowest BCUT2D eigenvalue weighted by atomic mass is 10.0. The van der Waals surface area contributed by atoms with E-state index in [1.807, 2.05) is 0 Å². The zero-order valence-electron chi connectivity index (χ0n) is 8.53. The highest BCUT2D eigenvalue weighted by molar-refractivity contribution is 5.81. The number of carbonyl (C=O) groups excluding carboxylic acids is 1. The van der Waals surface area contributed by atoms with Crippen LogP contribution in [0.4, 0.5) is 0 Å². The molecule has 0 spiro atoms. The Morgan fingerprint density at radius 1 is 1.43 bits per heavy atom. The van der Waals surface area contributed by atoms with E-state index in [1.54, 1.807) is 6.92 Å². The van der Waals surface area contributed by atoms with E-state index in [2.05, 4.69) is 5.32 Å². The van der Waals surface area contributed by atoms with E-state index in [0.29, 0.717) is 6.10 Å². The van der Waals surface area contributed by atoms with E-state index in [-0.39, 0.29) is 18.1 Å². The molecule has 4 nitrogen and oxygen atoms in total. The summed E-state index contributed by atoms with van der Waals surface area (Å²) in [4.78, 5) is 11.4. The Hall–Kier alpha value is -0.610. The molecule has 2 heterocycles. The molecule has 0 aliphatic carbocycles. The number of nitrogens with one attached hydrogen (secondary N) is 1. The van der Waals surface area contributed by atoms with Crippen molar-refractivity contribution in [3.63, 3.8) is 0 Å². The summed E-state index contributed by atoms with van der Waals surface area (Å²) in [5.41, 5.74) is 5.50. The fourth-order valence-electron chi connectivity index (χ4n) is 2.27. The summed E-state index contributed by atoms with van der Waals surface area (Å²) in [6, 6.07) is -0.235. The van der Waals surface area contributed by atoms with Crippen molar-refractivity contribution in [2.24, 2.45) is 5.73 Å². The third-order valence-corrected chi connectivity index (χ3v) is 3.13. The summed E-state index contributed by atoms with van der Waals surface area (Å²) in [7, 11) is 0. The molecule has 0 saturated carbocycles. The van der Waals surface area contributed by atoms with Gasteiger partial charge in [-0.1, -0.05) is 0 Å². The quantitative estimate of drug-likeness (QED) is 0.664. The van der Waals surface area contributed by atoms with Crippen LogP contribution in [0.5, 0.6) is 0 Å². The molecule has 2 aliphatic heterocycles. The second-order valence-corrected chi connectivity index (χ2v) is 4.36. The van der Waals surface area contributed by atoms with Crippen molar-refractivity contribution in [3.8, 4) is 0 Å². The fourth-order valence-corrected chi connectivity index (χ4v) is 2.27. The highest BCUT2D eigenvalue weighted by atomic mass is 16.5. The molecule has 3 N–H and O–H groups in total. The number of nitrogens with two attached hydrogens (primary N) is 1.